The SMILES string of the molecule is CSC1CCCC1Nc1nc2ccccc2cc1C(N)=S. The fraction of sp³-hybridized carbons (Fsp3) is 0.375. The summed E-state index contributed by atoms with van der Waals surface area (Å²) >= 11 is 7.13. The molecule has 1 heterocycles. The molecule has 1 fully saturated rings. The molecule has 3 nitrogen and oxygen atoms in total. The first kappa shape index (κ1) is 14.6. The number of thiocarbonyl (C=S) groups is 1. The molecule has 0 aliphatic heterocycles. The lowest BCUT2D eigenvalue weighted by Gasteiger charge is -2.21. The fourth-order valence-corrected chi connectivity index (χ4v) is 4.05. The number of thioether (sulfide) groups is 1. The van der Waals surface area contributed by atoms with Crippen molar-refractivity contribution in [1.29, 1.82) is 0 Å². The minimum Gasteiger partial charge on any atom is -0.389 e. The molecule has 5 heteroatoms. The van der Waals surface area contributed by atoms with E-state index in [4.69, 9.17) is 22.9 Å². The van der Waals surface area contributed by atoms with Gasteiger partial charge in [0.15, 0.2) is 0 Å². The Labute approximate surface area is 134 Å². The Bertz CT molecular complexity index is 672. The van der Waals surface area contributed by atoms with Gasteiger partial charge in [0.1, 0.15) is 10.8 Å². The molecular weight excluding hydrogens is 298 g/mol. The second kappa shape index (κ2) is 6.20. The minimum absolute atomic E-state index is 0.398. The zero-order chi connectivity index (χ0) is 14.8. The lowest BCUT2D eigenvalue weighted by Crippen LogP contribution is -2.28. The van der Waals surface area contributed by atoms with Crippen molar-refractivity contribution in [2.24, 2.45) is 5.73 Å². The van der Waals surface area contributed by atoms with Gasteiger partial charge in [0.25, 0.3) is 0 Å². The van der Waals surface area contributed by atoms with Gasteiger partial charge in [0.2, 0.25) is 0 Å². The van der Waals surface area contributed by atoms with Gasteiger partial charge in [0, 0.05) is 16.7 Å². The fourth-order valence-electron chi connectivity index (χ4n) is 2.96. The van der Waals surface area contributed by atoms with Gasteiger partial charge in [-0.05, 0) is 31.2 Å². The number of benzene rings is 1. The standard InChI is InChI=1S/C16H19N3S2/c1-21-14-8-4-7-13(14)19-16-11(15(17)20)9-10-5-2-3-6-12(10)18-16/h2-3,5-6,9,13-14H,4,7-8H2,1H3,(H2,17,20)(H,18,19). The molecule has 0 bridgehead atoms. The normalized spacial score (nSPS) is 21.6. The average Bonchev–Trinajstić information content (AvgIpc) is 2.93. The van der Waals surface area contributed by atoms with Gasteiger partial charge in [-0.15, -0.1) is 0 Å². The zero-order valence-electron chi connectivity index (χ0n) is 12.0. The third kappa shape index (κ3) is 2.99. The first-order valence-electron chi connectivity index (χ1n) is 7.18. The highest BCUT2D eigenvalue weighted by atomic mass is 32.2. The molecule has 1 aromatic carbocycles. The van der Waals surface area contributed by atoms with Crippen LogP contribution in [0.1, 0.15) is 24.8 Å². The quantitative estimate of drug-likeness (QED) is 0.844. The maximum absolute atomic E-state index is 5.89. The van der Waals surface area contributed by atoms with Crippen LogP contribution in [0.5, 0.6) is 0 Å². The van der Waals surface area contributed by atoms with Gasteiger partial charge < -0.3 is 11.1 Å². The van der Waals surface area contributed by atoms with E-state index in [1.807, 2.05) is 42.1 Å². The van der Waals surface area contributed by atoms with Crippen molar-refractivity contribution in [3.8, 4) is 0 Å². The molecule has 0 radical (unpaired) electrons. The Hall–Kier alpha value is -1.33. The van der Waals surface area contributed by atoms with Crippen molar-refractivity contribution in [2.45, 2.75) is 30.6 Å². The minimum atomic E-state index is 0.398. The lowest BCUT2D eigenvalue weighted by atomic mass is 10.1. The molecule has 21 heavy (non-hydrogen) atoms. The van der Waals surface area contributed by atoms with Crippen LogP contribution in [-0.4, -0.2) is 27.5 Å². The van der Waals surface area contributed by atoms with E-state index in [0.717, 1.165) is 22.3 Å². The van der Waals surface area contributed by atoms with Crippen molar-refractivity contribution < 1.29 is 0 Å². The topological polar surface area (TPSA) is 50.9 Å². The van der Waals surface area contributed by atoms with Gasteiger partial charge in [0.05, 0.1) is 11.1 Å². The number of fused-ring (bicyclic) bond motifs is 1. The summed E-state index contributed by atoms with van der Waals surface area (Å²) in [6, 6.07) is 10.5. The first-order valence-corrected chi connectivity index (χ1v) is 8.87. The van der Waals surface area contributed by atoms with Gasteiger partial charge >= 0.3 is 0 Å². The van der Waals surface area contributed by atoms with Crippen LogP contribution in [0.15, 0.2) is 30.3 Å². The molecule has 1 saturated carbocycles. The van der Waals surface area contributed by atoms with Gasteiger partial charge in [-0.25, -0.2) is 4.98 Å². The Balaban J connectivity index is 1.99. The van der Waals surface area contributed by atoms with E-state index in [0.29, 0.717) is 16.3 Å². The summed E-state index contributed by atoms with van der Waals surface area (Å²) in [7, 11) is 0. The van der Waals surface area contributed by atoms with E-state index < -0.39 is 0 Å². The van der Waals surface area contributed by atoms with E-state index in [-0.39, 0.29) is 0 Å². The number of aromatic nitrogens is 1. The molecule has 0 spiro atoms. The van der Waals surface area contributed by atoms with E-state index in [2.05, 4.69) is 11.6 Å². The smallest absolute Gasteiger partial charge is 0.137 e. The summed E-state index contributed by atoms with van der Waals surface area (Å²) in [4.78, 5) is 5.14. The van der Waals surface area contributed by atoms with Gasteiger partial charge in [-0.2, -0.15) is 11.8 Å². The van der Waals surface area contributed by atoms with Crippen LogP contribution in [0.4, 0.5) is 5.82 Å². The number of nitrogens with one attached hydrogen (secondary N) is 1. The Kier molecular flexibility index (Phi) is 4.31. The lowest BCUT2D eigenvalue weighted by molar-refractivity contribution is 0.764. The highest BCUT2D eigenvalue weighted by molar-refractivity contribution is 7.99. The molecule has 1 aliphatic rings. The highest BCUT2D eigenvalue weighted by Crippen LogP contribution is 2.31. The van der Waals surface area contributed by atoms with Crippen molar-refractivity contribution in [2.75, 3.05) is 11.6 Å². The Morgan fingerprint density at radius 3 is 2.95 bits per heavy atom. The van der Waals surface area contributed by atoms with Crippen molar-refractivity contribution in [1.82, 2.24) is 4.98 Å². The maximum atomic E-state index is 5.89. The zero-order valence-corrected chi connectivity index (χ0v) is 13.6. The molecule has 3 N–H and O–H groups in total. The number of anilines is 1. The molecule has 1 aliphatic carbocycles. The van der Waals surface area contributed by atoms with E-state index in [1.165, 1.54) is 19.3 Å². The second-order valence-corrected chi connectivity index (χ2v) is 6.91. The number of para-hydroxylation sites is 1. The van der Waals surface area contributed by atoms with E-state index in [1.54, 1.807) is 0 Å². The number of nitrogens with zero attached hydrogens (tertiary/aromatic N) is 1. The number of hydrogen-bond acceptors (Lipinski definition) is 4. The summed E-state index contributed by atoms with van der Waals surface area (Å²) in [6.07, 6.45) is 5.87. The predicted octanol–water partition coefficient (Wildman–Crippen LogP) is 3.57. The molecule has 0 amide bonds. The molecule has 3 rings (SSSR count). The van der Waals surface area contributed by atoms with Crippen LogP contribution in [0.3, 0.4) is 0 Å². The highest BCUT2D eigenvalue weighted by Gasteiger charge is 2.27. The monoisotopic (exact) mass is 317 g/mol. The molecule has 2 aromatic rings. The summed E-state index contributed by atoms with van der Waals surface area (Å²) in [5.74, 6) is 0.826. The van der Waals surface area contributed by atoms with Crippen LogP contribution in [-0.2, 0) is 0 Å². The van der Waals surface area contributed by atoms with Crippen LogP contribution in [0.2, 0.25) is 0 Å². The molecule has 110 valence electrons. The molecular formula is C16H19N3S2. The molecule has 2 unspecified atom stereocenters. The summed E-state index contributed by atoms with van der Waals surface area (Å²) in [5.41, 5.74) is 7.71. The number of nitrogens with two attached hydrogens (primary N) is 1. The van der Waals surface area contributed by atoms with Crippen LogP contribution in [0.25, 0.3) is 10.9 Å². The Morgan fingerprint density at radius 1 is 1.38 bits per heavy atom. The number of hydrogen-bond donors (Lipinski definition) is 2. The van der Waals surface area contributed by atoms with Crippen LogP contribution in [0, 0.1) is 0 Å². The molecule has 0 saturated heterocycles. The Morgan fingerprint density at radius 2 is 2.19 bits per heavy atom. The van der Waals surface area contributed by atoms with Crippen LogP contribution < -0.4 is 11.1 Å². The largest absolute Gasteiger partial charge is 0.389 e. The van der Waals surface area contributed by atoms with Crippen molar-refractivity contribution in [3.05, 3.63) is 35.9 Å². The average molecular weight is 317 g/mol. The van der Waals surface area contributed by atoms with Gasteiger partial charge in [-0.3, -0.25) is 0 Å². The summed E-state index contributed by atoms with van der Waals surface area (Å²) in [5, 5.41) is 5.29. The van der Waals surface area contributed by atoms with Crippen molar-refractivity contribution >= 4 is 45.7 Å². The predicted molar refractivity (Wildman–Crippen MR) is 96.2 cm³/mol. The van der Waals surface area contributed by atoms with E-state index >= 15 is 0 Å². The van der Waals surface area contributed by atoms with Crippen molar-refractivity contribution in [3.63, 3.8) is 0 Å². The maximum Gasteiger partial charge on any atom is 0.137 e. The van der Waals surface area contributed by atoms with E-state index in [9.17, 15) is 0 Å². The second-order valence-electron chi connectivity index (χ2n) is 5.40. The number of rotatable bonds is 4. The molecule has 2 atom stereocenters. The summed E-state index contributed by atoms with van der Waals surface area (Å²) < 4.78 is 0. The van der Waals surface area contributed by atoms with Gasteiger partial charge in [-0.1, -0.05) is 36.8 Å². The first-order chi connectivity index (χ1) is 10.2. The number of pyridine rings is 1. The van der Waals surface area contributed by atoms with Crippen LogP contribution >= 0.6 is 24.0 Å². The molecule has 1 aromatic heterocycles. The third-order valence-corrected chi connectivity index (χ3v) is 5.46. The summed E-state index contributed by atoms with van der Waals surface area (Å²) in [6.45, 7) is 0. The third-order valence-electron chi connectivity index (χ3n) is 4.07.